The summed E-state index contributed by atoms with van der Waals surface area (Å²) < 4.78 is 278. The molecule has 210 valence electrons. The molecule has 0 aliphatic carbocycles. The van der Waals surface area contributed by atoms with Gasteiger partial charge in [0.15, 0.2) is 0 Å². The molecule has 0 aliphatic rings. The SMILES string of the molecule is FC(F)(F)C(F)(F)C(F)(F)C(F)(F)/C(I)=C/C(F)(F)C(F)(F)C(F)(F)C(F)(F)C(F)(F)C(F)(F)F. The maximum absolute atomic E-state index is 13.5. The van der Waals surface area contributed by atoms with Crippen molar-refractivity contribution in [3.8, 4) is 0 Å². The van der Waals surface area contributed by atoms with Crippen molar-refractivity contribution in [3.05, 3.63) is 9.66 Å². The van der Waals surface area contributed by atoms with Gasteiger partial charge in [-0.3, -0.25) is 0 Å². The van der Waals surface area contributed by atoms with E-state index in [4.69, 9.17) is 0 Å². The van der Waals surface area contributed by atoms with Crippen molar-refractivity contribution in [2.24, 2.45) is 0 Å². The van der Waals surface area contributed by atoms with Crippen LogP contribution in [0.15, 0.2) is 9.66 Å². The lowest BCUT2D eigenvalue weighted by atomic mass is 9.93. The largest absolute Gasteiger partial charge is 0.460 e. The lowest BCUT2D eigenvalue weighted by Crippen LogP contribution is -2.69. The van der Waals surface area contributed by atoms with Crippen LogP contribution in [0.25, 0.3) is 0 Å². The molecule has 0 saturated heterocycles. The number of hydrogen-bond donors (Lipinski definition) is 0. The number of alkyl halides is 22. The van der Waals surface area contributed by atoms with Gasteiger partial charge in [0.25, 0.3) is 0 Å². The molecule has 0 rings (SSSR count). The zero-order chi connectivity index (χ0) is 29.3. The summed E-state index contributed by atoms with van der Waals surface area (Å²) in [6, 6.07) is 0. The highest BCUT2D eigenvalue weighted by molar-refractivity contribution is 14.1. The van der Waals surface area contributed by atoms with Crippen LogP contribution in [0.2, 0.25) is 0 Å². The fourth-order valence-corrected chi connectivity index (χ4v) is 2.38. The van der Waals surface area contributed by atoms with Crippen LogP contribution in [0.5, 0.6) is 0 Å². The number of rotatable bonds is 8. The molecular weight excluding hydrogens is 689 g/mol. The number of allylic oxidation sites excluding steroid dienone is 2. The molecule has 0 aromatic carbocycles. The molecule has 0 atom stereocenters. The maximum atomic E-state index is 13.5. The van der Waals surface area contributed by atoms with E-state index in [-0.39, 0.29) is 0 Å². The molecule has 0 amide bonds. The van der Waals surface area contributed by atoms with Gasteiger partial charge in [0.05, 0.1) is 3.58 Å². The van der Waals surface area contributed by atoms with Crippen LogP contribution in [0.1, 0.15) is 0 Å². The van der Waals surface area contributed by atoms with Crippen LogP contribution in [0.3, 0.4) is 0 Å². The fourth-order valence-electron chi connectivity index (χ4n) is 1.65. The van der Waals surface area contributed by atoms with E-state index in [0.29, 0.717) is 0 Å². The third kappa shape index (κ3) is 4.69. The average Bonchev–Trinajstić information content (AvgIpc) is 2.58. The van der Waals surface area contributed by atoms with Crippen molar-refractivity contribution in [1.29, 1.82) is 0 Å². The third-order valence-corrected chi connectivity index (χ3v) is 4.70. The molecule has 0 saturated carbocycles. The second kappa shape index (κ2) is 8.48. The highest BCUT2D eigenvalue weighted by Gasteiger charge is 2.91. The Labute approximate surface area is 189 Å². The van der Waals surface area contributed by atoms with Gasteiger partial charge >= 0.3 is 59.7 Å². The van der Waals surface area contributed by atoms with Crippen molar-refractivity contribution in [2.45, 2.75) is 59.7 Å². The minimum absolute atomic E-state index is 0.822. The van der Waals surface area contributed by atoms with Crippen molar-refractivity contribution < 1.29 is 96.6 Å². The van der Waals surface area contributed by atoms with Crippen LogP contribution in [0, 0.1) is 0 Å². The van der Waals surface area contributed by atoms with E-state index in [9.17, 15) is 96.6 Å². The van der Waals surface area contributed by atoms with Crippen LogP contribution in [0.4, 0.5) is 96.6 Å². The molecule has 23 heteroatoms. The Balaban J connectivity index is 6.85. The average molecular weight is 690 g/mol. The highest BCUT2D eigenvalue weighted by atomic mass is 127. The van der Waals surface area contributed by atoms with Gasteiger partial charge in [-0.1, -0.05) is 0 Å². The van der Waals surface area contributed by atoms with Crippen LogP contribution < -0.4 is 0 Å². The van der Waals surface area contributed by atoms with Crippen molar-refractivity contribution >= 4 is 22.6 Å². The Hall–Kier alpha value is -1.07. The number of halogens is 23. The monoisotopic (exact) mass is 690 g/mol. The quantitative estimate of drug-likeness (QED) is 0.177. The highest BCUT2D eigenvalue weighted by Crippen LogP contribution is 2.62. The summed E-state index contributed by atoms with van der Waals surface area (Å²) in [6.07, 6.45) is -18.2. The van der Waals surface area contributed by atoms with E-state index >= 15 is 0 Å². The molecule has 0 aromatic heterocycles. The first kappa shape index (κ1) is 33.9. The molecule has 0 radical (unpaired) electrons. The van der Waals surface area contributed by atoms with E-state index in [2.05, 4.69) is 0 Å². The normalized spacial score (nSPS) is 17.2. The lowest BCUT2D eigenvalue weighted by Gasteiger charge is -2.39. The third-order valence-electron chi connectivity index (χ3n) is 3.71. The minimum atomic E-state index is -8.57. The molecule has 0 unspecified atom stereocenters. The van der Waals surface area contributed by atoms with Crippen molar-refractivity contribution in [1.82, 2.24) is 0 Å². The van der Waals surface area contributed by atoms with Crippen molar-refractivity contribution in [2.75, 3.05) is 0 Å². The minimum Gasteiger partial charge on any atom is -0.195 e. The Morgan fingerprint density at radius 2 is 0.629 bits per heavy atom. The fraction of sp³-hybridized carbons (Fsp3) is 0.833. The van der Waals surface area contributed by atoms with Gasteiger partial charge in [-0.25, -0.2) is 0 Å². The summed E-state index contributed by atoms with van der Waals surface area (Å²) in [5, 5.41) is 0. The molecule has 0 fully saturated rings. The topological polar surface area (TPSA) is 0 Å². The molecule has 35 heavy (non-hydrogen) atoms. The summed E-state index contributed by atoms with van der Waals surface area (Å²) in [5.41, 5.74) is 0. The summed E-state index contributed by atoms with van der Waals surface area (Å²) in [6.45, 7) is 0. The van der Waals surface area contributed by atoms with E-state index in [1.165, 1.54) is 0 Å². The van der Waals surface area contributed by atoms with E-state index in [0.717, 1.165) is 0 Å². The predicted molar refractivity (Wildman–Crippen MR) is 73.8 cm³/mol. The predicted octanol–water partition coefficient (Wildman–Crippen LogP) is 8.51. The van der Waals surface area contributed by atoms with Crippen LogP contribution in [-0.4, -0.2) is 59.7 Å². The first-order valence-corrected chi connectivity index (χ1v) is 8.25. The molecule has 0 bridgehead atoms. The van der Waals surface area contributed by atoms with E-state index in [1.54, 1.807) is 0 Å². The van der Waals surface area contributed by atoms with Gasteiger partial charge in [0.2, 0.25) is 0 Å². The smallest absolute Gasteiger partial charge is 0.195 e. The standard InChI is InChI=1S/C12HF22I/c13-3(14,1-2(35)4(15,16)6(19,20)9(25,26)11(29,30)31)5(17,18)7(21,22)8(23,24)10(27,28)12(32,33)34/h1H/b2-1-. The molecule has 0 aliphatic heterocycles. The molecule has 0 N–H and O–H groups in total. The maximum Gasteiger partial charge on any atom is 0.460 e. The second-order valence-corrected chi connectivity index (χ2v) is 7.29. The van der Waals surface area contributed by atoms with Gasteiger partial charge in [0, 0.05) is 6.08 Å². The van der Waals surface area contributed by atoms with Gasteiger partial charge in [-0.05, 0) is 22.6 Å². The Morgan fingerprint density at radius 3 is 0.914 bits per heavy atom. The van der Waals surface area contributed by atoms with E-state index in [1.807, 2.05) is 0 Å². The van der Waals surface area contributed by atoms with Gasteiger partial charge in [-0.2, -0.15) is 96.6 Å². The lowest BCUT2D eigenvalue weighted by molar-refractivity contribution is -0.436. The Bertz CT molecular complexity index is 809. The van der Waals surface area contributed by atoms with E-state index < -0.39 is 92.0 Å². The molecule has 0 spiro atoms. The molecular formula is C12HF22I. The number of hydrogen-bond acceptors (Lipinski definition) is 0. The van der Waals surface area contributed by atoms with Gasteiger partial charge < -0.3 is 0 Å². The molecule has 0 heterocycles. The van der Waals surface area contributed by atoms with Gasteiger partial charge in [0.1, 0.15) is 0 Å². The Morgan fingerprint density at radius 1 is 0.371 bits per heavy atom. The summed E-state index contributed by atoms with van der Waals surface area (Å²) >= 11 is -0.822. The second-order valence-electron chi connectivity index (χ2n) is 6.13. The molecule has 0 nitrogen and oxygen atoms in total. The first-order chi connectivity index (χ1) is 14.6. The first-order valence-electron chi connectivity index (χ1n) is 7.17. The Kier molecular flexibility index (Phi) is 8.22. The van der Waals surface area contributed by atoms with Crippen LogP contribution >= 0.6 is 22.6 Å². The van der Waals surface area contributed by atoms with Crippen molar-refractivity contribution in [3.63, 3.8) is 0 Å². The zero-order valence-corrected chi connectivity index (χ0v) is 16.9. The summed E-state index contributed by atoms with van der Waals surface area (Å²) in [4.78, 5) is 0. The molecule has 0 aromatic rings. The summed E-state index contributed by atoms with van der Waals surface area (Å²) in [7, 11) is 0. The zero-order valence-electron chi connectivity index (χ0n) is 14.8. The van der Waals surface area contributed by atoms with Crippen LogP contribution in [-0.2, 0) is 0 Å². The van der Waals surface area contributed by atoms with Gasteiger partial charge in [-0.15, -0.1) is 0 Å². The summed E-state index contributed by atoms with van der Waals surface area (Å²) in [5.74, 6) is -64.3.